The number of carbonyl (C=O) groups is 2. The van der Waals surface area contributed by atoms with Crippen molar-refractivity contribution in [2.45, 2.75) is 13.5 Å². The van der Waals surface area contributed by atoms with Gasteiger partial charge in [0.15, 0.2) is 0 Å². The number of hydrogen-bond donors (Lipinski definition) is 2. The molecule has 0 saturated heterocycles. The minimum atomic E-state index is -0.575. The maximum atomic E-state index is 12.5. The zero-order valence-electron chi connectivity index (χ0n) is 11.4. The third kappa shape index (κ3) is 3.76. The van der Waals surface area contributed by atoms with Crippen molar-refractivity contribution < 1.29 is 9.59 Å². The quantitative estimate of drug-likeness (QED) is 0.783. The summed E-state index contributed by atoms with van der Waals surface area (Å²) in [4.78, 5) is 25.4. The summed E-state index contributed by atoms with van der Waals surface area (Å²) in [5, 5.41) is 3.81. The third-order valence-electron chi connectivity index (χ3n) is 2.83. The molecule has 8 heteroatoms. The van der Waals surface area contributed by atoms with Crippen molar-refractivity contribution in [2.24, 2.45) is 5.73 Å². The highest BCUT2D eigenvalue weighted by atomic mass is 32.1. The first-order chi connectivity index (χ1) is 9.97. The van der Waals surface area contributed by atoms with Gasteiger partial charge in [-0.25, -0.2) is 0 Å². The van der Waals surface area contributed by atoms with Crippen LogP contribution in [0.5, 0.6) is 0 Å². The van der Waals surface area contributed by atoms with Crippen molar-refractivity contribution in [3.05, 3.63) is 40.4 Å². The molecule has 0 atom stereocenters. The maximum absolute atomic E-state index is 12.5. The van der Waals surface area contributed by atoms with E-state index in [1.54, 1.807) is 31.2 Å². The minimum Gasteiger partial charge on any atom is -0.399 e. The van der Waals surface area contributed by atoms with Crippen LogP contribution < -0.4 is 11.5 Å². The fourth-order valence-corrected chi connectivity index (χ4v) is 2.43. The van der Waals surface area contributed by atoms with E-state index in [9.17, 15) is 9.59 Å². The van der Waals surface area contributed by atoms with Crippen LogP contribution in [0.1, 0.15) is 20.9 Å². The van der Waals surface area contributed by atoms with Gasteiger partial charge in [0.2, 0.25) is 5.91 Å². The number of primary amides is 1. The van der Waals surface area contributed by atoms with E-state index >= 15 is 0 Å². The van der Waals surface area contributed by atoms with Crippen LogP contribution >= 0.6 is 11.5 Å². The van der Waals surface area contributed by atoms with Gasteiger partial charge in [0.05, 0.1) is 5.69 Å². The van der Waals surface area contributed by atoms with Gasteiger partial charge in [-0.3, -0.25) is 9.59 Å². The number of carbonyl (C=O) groups excluding carboxylic acids is 2. The largest absolute Gasteiger partial charge is 0.399 e. The van der Waals surface area contributed by atoms with Crippen LogP contribution in [-0.4, -0.2) is 32.8 Å². The van der Waals surface area contributed by atoms with Crippen LogP contribution in [0.2, 0.25) is 0 Å². The molecule has 110 valence electrons. The molecule has 2 rings (SSSR count). The Morgan fingerprint density at radius 1 is 1.29 bits per heavy atom. The zero-order chi connectivity index (χ0) is 15.4. The van der Waals surface area contributed by atoms with E-state index in [1.165, 1.54) is 4.90 Å². The van der Waals surface area contributed by atoms with Gasteiger partial charge < -0.3 is 16.4 Å². The second-order valence-electron chi connectivity index (χ2n) is 4.56. The van der Waals surface area contributed by atoms with Crippen molar-refractivity contribution in [2.75, 3.05) is 12.3 Å². The molecule has 0 unspecified atom stereocenters. The summed E-state index contributed by atoms with van der Waals surface area (Å²) < 4.78 is 3.73. The number of benzene rings is 1. The Labute approximate surface area is 125 Å². The number of nitrogens with zero attached hydrogens (tertiary/aromatic N) is 3. The van der Waals surface area contributed by atoms with Crippen LogP contribution in [0.4, 0.5) is 5.69 Å². The Bertz CT molecular complexity index is 653. The molecule has 1 heterocycles. The Balaban J connectivity index is 2.22. The molecule has 1 aromatic carbocycles. The molecule has 0 aliphatic heterocycles. The topological polar surface area (TPSA) is 115 Å². The molecule has 0 spiro atoms. The van der Waals surface area contributed by atoms with Crippen molar-refractivity contribution in [1.29, 1.82) is 0 Å². The van der Waals surface area contributed by atoms with Crippen LogP contribution in [0.3, 0.4) is 0 Å². The predicted molar refractivity (Wildman–Crippen MR) is 79.4 cm³/mol. The van der Waals surface area contributed by atoms with Crippen molar-refractivity contribution in [3.63, 3.8) is 0 Å². The normalized spacial score (nSPS) is 10.3. The Hall–Kier alpha value is -2.48. The number of rotatable bonds is 5. The summed E-state index contributed by atoms with van der Waals surface area (Å²) >= 11 is 1.00. The number of nitrogen functional groups attached to an aromatic ring is 1. The standard InChI is InChI=1S/C13H15N5O2S/c1-8-12(21-17-16-8)13(20)18(7-11(15)19)6-9-2-4-10(14)5-3-9/h2-5H,6-7,14H2,1H3,(H2,15,19). The molecule has 4 N–H and O–H groups in total. The van der Waals surface area contributed by atoms with Crippen LogP contribution in [-0.2, 0) is 11.3 Å². The lowest BCUT2D eigenvalue weighted by molar-refractivity contribution is -0.118. The summed E-state index contributed by atoms with van der Waals surface area (Å²) in [6, 6.07) is 7.08. The van der Waals surface area contributed by atoms with Crippen LogP contribution in [0, 0.1) is 6.92 Å². The van der Waals surface area contributed by atoms with Gasteiger partial charge in [-0.05, 0) is 36.2 Å². The monoisotopic (exact) mass is 305 g/mol. The number of anilines is 1. The molecule has 0 aliphatic rings. The zero-order valence-corrected chi connectivity index (χ0v) is 12.3. The Morgan fingerprint density at radius 3 is 2.48 bits per heavy atom. The number of hydrogen-bond acceptors (Lipinski definition) is 6. The van der Waals surface area contributed by atoms with Crippen LogP contribution in [0.25, 0.3) is 0 Å². The number of aromatic nitrogens is 2. The lowest BCUT2D eigenvalue weighted by Crippen LogP contribution is -2.37. The Morgan fingerprint density at radius 2 is 1.95 bits per heavy atom. The number of nitrogens with two attached hydrogens (primary N) is 2. The first kappa shape index (κ1) is 14.9. The molecule has 2 aromatic rings. The van der Waals surface area contributed by atoms with E-state index < -0.39 is 5.91 Å². The maximum Gasteiger partial charge on any atom is 0.268 e. The lowest BCUT2D eigenvalue weighted by Gasteiger charge is -2.20. The van der Waals surface area contributed by atoms with Gasteiger partial charge in [0.1, 0.15) is 11.4 Å². The van der Waals surface area contributed by atoms with Gasteiger partial charge in [-0.15, -0.1) is 5.10 Å². The fourth-order valence-electron chi connectivity index (χ4n) is 1.80. The molecule has 0 radical (unpaired) electrons. The predicted octanol–water partition coefficient (Wildman–Crippen LogP) is 0.556. The average molecular weight is 305 g/mol. The minimum absolute atomic E-state index is 0.166. The highest BCUT2D eigenvalue weighted by Crippen LogP contribution is 2.15. The Kier molecular flexibility index (Phi) is 4.49. The van der Waals surface area contributed by atoms with E-state index in [0.29, 0.717) is 16.3 Å². The average Bonchev–Trinajstić information content (AvgIpc) is 2.85. The molecular formula is C13H15N5O2S. The highest BCUT2D eigenvalue weighted by molar-refractivity contribution is 7.07. The van der Waals surface area contributed by atoms with Gasteiger partial charge in [0.25, 0.3) is 5.91 Å². The van der Waals surface area contributed by atoms with E-state index in [0.717, 1.165) is 17.1 Å². The molecular weight excluding hydrogens is 290 g/mol. The van der Waals surface area contributed by atoms with Crippen molar-refractivity contribution in [3.8, 4) is 0 Å². The molecule has 0 aliphatic carbocycles. The van der Waals surface area contributed by atoms with Gasteiger partial charge in [-0.2, -0.15) is 0 Å². The first-order valence-corrected chi connectivity index (χ1v) is 6.95. The van der Waals surface area contributed by atoms with Crippen molar-refractivity contribution in [1.82, 2.24) is 14.5 Å². The summed E-state index contributed by atoms with van der Waals surface area (Å²) in [5.74, 6) is -0.882. The SMILES string of the molecule is Cc1nnsc1C(=O)N(CC(N)=O)Cc1ccc(N)cc1. The third-order valence-corrected chi connectivity index (χ3v) is 3.65. The summed E-state index contributed by atoms with van der Waals surface area (Å²) in [5.41, 5.74) is 12.9. The van der Waals surface area contributed by atoms with E-state index in [4.69, 9.17) is 11.5 Å². The first-order valence-electron chi connectivity index (χ1n) is 6.18. The second-order valence-corrected chi connectivity index (χ2v) is 5.31. The molecule has 21 heavy (non-hydrogen) atoms. The van der Waals surface area contributed by atoms with E-state index in [1.807, 2.05) is 0 Å². The molecule has 1 aromatic heterocycles. The molecule has 0 bridgehead atoms. The molecule has 0 fully saturated rings. The summed E-state index contributed by atoms with van der Waals surface area (Å²) in [6.45, 7) is 1.79. The number of aryl methyl sites for hydroxylation is 1. The molecule has 7 nitrogen and oxygen atoms in total. The lowest BCUT2D eigenvalue weighted by atomic mass is 10.2. The molecule has 2 amide bonds. The fraction of sp³-hybridized carbons (Fsp3) is 0.231. The summed E-state index contributed by atoms with van der Waals surface area (Å²) in [7, 11) is 0. The van der Waals surface area contributed by atoms with E-state index in [2.05, 4.69) is 9.59 Å². The van der Waals surface area contributed by atoms with Gasteiger partial charge in [-0.1, -0.05) is 16.6 Å². The number of amides is 2. The highest BCUT2D eigenvalue weighted by Gasteiger charge is 2.22. The van der Waals surface area contributed by atoms with Gasteiger partial charge >= 0.3 is 0 Å². The summed E-state index contributed by atoms with van der Waals surface area (Å²) in [6.07, 6.45) is 0. The smallest absolute Gasteiger partial charge is 0.268 e. The van der Waals surface area contributed by atoms with E-state index in [-0.39, 0.29) is 19.0 Å². The second kappa shape index (κ2) is 6.31. The van der Waals surface area contributed by atoms with Crippen LogP contribution in [0.15, 0.2) is 24.3 Å². The van der Waals surface area contributed by atoms with Gasteiger partial charge in [0, 0.05) is 12.2 Å². The molecule has 0 saturated carbocycles. The van der Waals surface area contributed by atoms with Crippen molar-refractivity contribution >= 4 is 29.0 Å².